The van der Waals surface area contributed by atoms with Gasteiger partial charge >= 0.3 is 5.97 Å². The fourth-order valence-corrected chi connectivity index (χ4v) is 5.21. The van der Waals surface area contributed by atoms with Crippen molar-refractivity contribution in [3.8, 4) is 0 Å². The zero-order valence-electron chi connectivity index (χ0n) is 18.7. The second kappa shape index (κ2) is 12.8. The first-order valence-electron chi connectivity index (χ1n) is 11.4. The Kier molecular flexibility index (Phi) is 11.7. The number of unbranched alkanes of at least 4 members (excludes halogenated alkanes) is 7. The first-order valence-corrected chi connectivity index (χ1v) is 13.2. The minimum absolute atomic E-state index is 0.000913. The van der Waals surface area contributed by atoms with Gasteiger partial charge in [-0.2, -0.15) is 0 Å². The van der Waals surface area contributed by atoms with Gasteiger partial charge in [0.2, 0.25) is 0 Å². The fraction of sp³-hybridized carbons (Fsp3) is 0.955. The van der Waals surface area contributed by atoms with Crippen LogP contribution < -0.4 is 0 Å². The van der Waals surface area contributed by atoms with Gasteiger partial charge in [-0.1, -0.05) is 58.3 Å². The Balaban J connectivity index is 2.13. The number of rotatable bonds is 17. The topological polar surface area (TPSA) is 60.4 Å². The van der Waals surface area contributed by atoms with E-state index in [-0.39, 0.29) is 29.5 Å². The smallest absolute Gasteiger partial charge is 0.313 e. The molecule has 5 nitrogen and oxygen atoms in total. The summed E-state index contributed by atoms with van der Waals surface area (Å²) < 4.78 is 30.4. The molecule has 0 aromatic rings. The minimum atomic E-state index is -3.00. The van der Waals surface area contributed by atoms with Crippen LogP contribution in [0.2, 0.25) is 0 Å². The summed E-state index contributed by atoms with van der Waals surface area (Å²) >= 11 is 0. The van der Waals surface area contributed by atoms with Crippen LogP contribution in [-0.2, 0) is 19.4 Å². The van der Waals surface area contributed by atoms with E-state index in [4.69, 9.17) is 4.74 Å². The van der Waals surface area contributed by atoms with Crippen LogP contribution in [0.5, 0.6) is 0 Å². The highest BCUT2D eigenvalue weighted by Crippen LogP contribution is 2.31. The summed E-state index contributed by atoms with van der Waals surface area (Å²) in [4.78, 5) is 11.7. The monoisotopic (exact) mass is 418 g/mol. The Bertz CT molecular complexity index is 539. The van der Waals surface area contributed by atoms with Gasteiger partial charge in [-0.3, -0.25) is 4.79 Å². The van der Waals surface area contributed by atoms with Crippen LogP contribution in [0.1, 0.15) is 84.0 Å². The van der Waals surface area contributed by atoms with E-state index < -0.39 is 9.84 Å². The van der Waals surface area contributed by atoms with Gasteiger partial charge in [0.1, 0.15) is 6.10 Å². The number of hydrogen-bond donors (Lipinski definition) is 0. The zero-order valence-corrected chi connectivity index (χ0v) is 19.6. The van der Waals surface area contributed by atoms with Crippen molar-refractivity contribution < 1.29 is 22.4 Å². The molecule has 166 valence electrons. The van der Waals surface area contributed by atoms with Crippen LogP contribution >= 0.6 is 0 Å². The van der Waals surface area contributed by atoms with Crippen molar-refractivity contribution in [1.29, 1.82) is 0 Å². The third-order valence-corrected chi connectivity index (χ3v) is 7.44. The lowest BCUT2D eigenvalue weighted by molar-refractivity contribution is -0.870. The molecule has 0 unspecified atom stereocenters. The van der Waals surface area contributed by atoms with Gasteiger partial charge in [-0.25, -0.2) is 8.42 Å². The molecule has 0 aliphatic carbocycles. The Labute approximate surface area is 173 Å². The van der Waals surface area contributed by atoms with Crippen LogP contribution in [0.25, 0.3) is 0 Å². The van der Waals surface area contributed by atoms with Crippen molar-refractivity contribution in [3.63, 3.8) is 0 Å². The third kappa shape index (κ3) is 11.4. The van der Waals surface area contributed by atoms with Crippen molar-refractivity contribution in [1.82, 2.24) is 0 Å². The standard InChI is InChI=1S/C22H44NO4S/c1-5-6-7-8-9-10-11-12-15-20-21(27-22(20)24)16-13-18-28(25,26)19-14-17-23(2,3)4/h20-21H,5-19H2,1-4H3/q+1/t20-,21-/m1/s1. The highest BCUT2D eigenvalue weighted by Gasteiger charge is 2.41. The van der Waals surface area contributed by atoms with Gasteiger partial charge in [0, 0.05) is 6.42 Å². The van der Waals surface area contributed by atoms with E-state index in [1.165, 1.54) is 44.9 Å². The van der Waals surface area contributed by atoms with Crippen LogP contribution in [0.3, 0.4) is 0 Å². The summed E-state index contributed by atoms with van der Waals surface area (Å²) in [5, 5.41) is 0. The van der Waals surface area contributed by atoms with E-state index in [9.17, 15) is 13.2 Å². The number of esters is 1. The Morgan fingerprint density at radius 3 is 1.96 bits per heavy atom. The molecule has 1 saturated heterocycles. The number of carbonyl (C=O) groups excluding carboxylic acids is 1. The molecule has 0 amide bonds. The molecule has 0 saturated carbocycles. The molecule has 1 rings (SSSR count). The number of nitrogens with zero attached hydrogens (tertiary/aromatic N) is 1. The van der Waals surface area contributed by atoms with Gasteiger partial charge in [0.15, 0.2) is 9.84 Å². The number of ether oxygens (including phenoxy) is 1. The number of hydrogen-bond acceptors (Lipinski definition) is 4. The summed E-state index contributed by atoms with van der Waals surface area (Å²) in [5.74, 6) is 0.386. The first-order chi connectivity index (χ1) is 13.1. The summed E-state index contributed by atoms with van der Waals surface area (Å²) in [6.07, 6.45) is 12.9. The summed E-state index contributed by atoms with van der Waals surface area (Å²) in [6.45, 7) is 3.09. The normalized spacial score (nSPS) is 20.1. The second-order valence-electron chi connectivity index (χ2n) is 9.51. The Morgan fingerprint density at radius 1 is 0.821 bits per heavy atom. The van der Waals surface area contributed by atoms with Crippen molar-refractivity contribution >= 4 is 15.8 Å². The lowest BCUT2D eigenvalue weighted by atomic mass is 9.88. The van der Waals surface area contributed by atoms with E-state index in [0.717, 1.165) is 23.9 Å². The van der Waals surface area contributed by atoms with Gasteiger partial charge in [0.05, 0.1) is 45.1 Å². The molecule has 0 aromatic heterocycles. The van der Waals surface area contributed by atoms with Crippen LogP contribution in [0.4, 0.5) is 0 Å². The molecule has 1 aliphatic rings. The predicted octanol–water partition coefficient (Wildman–Crippen LogP) is 4.35. The van der Waals surface area contributed by atoms with Crippen molar-refractivity contribution in [2.75, 3.05) is 39.2 Å². The largest absolute Gasteiger partial charge is 0.461 e. The molecule has 1 heterocycles. The van der Waals surface area contributed by atoms with Gasteiger partial charge in [0.25, 0.3) is 0 Å². The number of cyclic esters (lactones) is 1. The van der Waals surface area contributed by atoms with Crippen LogP contribution in [0.15, 0.2) is 0 Å². The fourth-order valence-electron chi connectivity index (χ4n) is 3.83. The maximum atomic E-state index is 12.2. The van der Waals surface area contributed by atoms with Crippen LogP contribution in [-0.4, -0.2) is 64.2 Å². The van der Waals surface area contributed by atoms with Gasteiger partial charge in [-0.15, -0.1) is 0 Å². The van der Waals surface area contributed by atoms with Crippen molar-refractivity contribution in [2.24, 2.45) is 5.92 Å². The highest BCUT2D eigenvalue weighted by atomic mass is 32.2. The zero-order chi connectivity index (χ0) is 21.0. The Hall–Kier alpha value is -0.620. The van der Waals surface area contributed by atoms with Gasteiger partial charge in [-0.05, 0) is 19.3 Å². The molecule has 28 heavy (non-hydrogen) atoms. The average Bonchev–Trinajstić information content (AvgIpc) is 2.58. The summed E-state index contributed by atoms with van der Waals surface area (Å²) in [7, 11) is 3.22. The SMILES string of the molecule is CCCCCCCCCC[C@H]1C(=O)O[C@@H]1CCCS(=O)(=O)CCC[N+](C)(C)C. The van der Waals surface area contributed by atoms with E-state index in [2.05, 4.69) is 28.1 Å². The highest BCUT2D eigenvalue weighted by molar-refractivity contribution is 7.91. The van der Waals surface area contributed by atoms with Gasteiger partial charge < -0.3 is 9.22 Å². The predicted molar refractivity (Wildman–Crippen MR) is 116 cm³/mol. The number of sulfone groups is 1. The molecular weight excluding hydrogens is 374 g/mol. The molecular formula is C22H44NO4S+. The quantitative estimate of drug-likeness (QED) is 0.200. The molecule has 2 atom stereocenters. The first kappa shape index (κ1) is 25.4. The lowest BCUT2D eigenvalue weighted by Crippen LogP contribution is -2.45. The van der Waals surface area contributed by atoms with E-state index >= 15 is 0 Å². The van der Waals surface area contributed by atoms with E-state index in [0.29, 0.717) is 19.3 Å². The lowest BCUT2D eigenvalue weighted by Gasteiger charge is -2.35. The molecule has 0 radical (unpaired) electrons. The van der Waals surface area contributed by atoms with Crippen molar-refractivity contribution in [3.05, 3.63) is 0 Å². The maximum absolute atomic E-state index is 12.2. The number of quaternary nitrogens is 1. The van der Waals surface area contributed by atoms with Crippen molar-refractivity contribution in [2.45, 2.75) is 90.1 Å². The molecule has 1 aliphatic heterocycles. The maximum Gasteiger partial charge on any atom is 0.313 e. The van der Waals surface area contributed by atoms with E-state index in [1.807, 2.05) is 0 Å². The summed E-state index contributed by atoms with van der Waals surface area (Å²) in [5.41, 5.74) is 0. The molecule has 0 N–H and O–H groups in total. The van der Waals surface area contributed by atoms with E-state index in [1.54, 1.807) is 0 Å². The minimum Gasteiger partial charge on any atom is -0.461 e. The second-order valence-corrected chi connectivity index (χ2v) is 11.8. The molecule has 0 bridgehead atoms. The molecule has 1 fully saturated rings. The summed E-state index contributed by atoms with van der Waals surface area (Å²) in [6, 6.07) is 0. The number of carbonyl (C=O) groups is 1. The third-order valence-electron chi connectivity index (χ3n) is 5.62. The average molecular weight is 419 g/mol. The molecule has 0 spiro atoms. The molecule has 0 aromatic carbocycles. The Morgan fingerprint density at radius 2 is 1.39 bits per heavy atom. The molecule has 6 heteroatoms. The van der Waals surface area contributed by atoms with Crippen LogP contribution in [0, 0.1) is 5.92 Å².